The van der Waals surface area contributed by atoms with Crippen LogP contribution in [0, 0.1) is 0 Å². The fourth-order valence-corrected chi connectivity index (χ4v) is 7.02. The summed E-state index contributed by atoms with van der Waals surface area (Å²) in [5, 5.41) is 0. The zero-order valence-electron chi connectivity index (χ0n) is 42.2. The van der Waals surface area contributed by atoms with Gasteiger partial charge in [0.05, 0.1) is 0 Å². The number of hydrogen-bond donors (Lipinski definition) is 0. The van der Waals surface area contributed by atoms with Gasteiger partial charge >= 0.3 is 17.9 Å². The second-order valence-corrected chi connectivity index (χ2v) is 17.4. The van der Waals surface area contributed by atoms with Gasteiger partial charge < -0.3 is 14.2 Å². The van der Waals surface area contributed by atoms with Crippen LogP contribution < -0.4 is 0 Å². The average molecular weight is 903 g/mol. The smallest absolute Gasteiger partial charge is 0.306 e. The van der Waals surface area contributed by atoms with Crippen molar-refractivity contribution in [3.63, 3.8) is 0 Å². The Morgan fingerprint density at radius 1 is 0.323 bits per heavy atom. The average Bonchev–Trinajstić information content (AvgIpc) is 3.30. The van der Waals surface area contributed by atoms with Gasteiger partial charge in [0.1, 0.15) is 13.2 Å². The number of unbranched alkanes of at least 4 members (excludes halogenated alkanes) is 20. The molecule has 6 heteroatoms. The molecule has 0 radical (unpaired) electrons. The van der Waals surface area contributed by atoms with Gasteiger partial charge in [-0.2, -0.15) is 0 Å². The zero-order valence-corrected chi connectivity index (χ0v) is 42.2. The van der Waals surface area contributed by atoms with Crippen molar-refractivity contribution in [1.82, 2.24) is 0 Å². The lowest BCUT2D eigenvalue weighted by Gasteiger charge is -2.18. The maximum Gasteiger partial charge on any atom is 0.306 e. The van der Waals surface area contributed by atoms with E-state index < -0.39 is 6.10 Å². The van der Waals surface area contributed by atoms with Crippen LogP contribution >= 0.6 is 0 Å². The lowest BCUT2D eigenvalue weighted by molar-refractivity contribution is -0.167. The first-order chi connectivity index (χ1) is 32.0. The highest BCUT2D eigenvalue weighted by Gasteiger charge is 2.19. The molecule has 0 aromatic rings. The number of esters is 3. The topological polar surface area (TPSA) is 78.9 Å². The molecule has 1 atom stereocenters. The standard InChI is InChI=1S/C59H98O6/c1-4-7-10-13-16-19-22-24-26-28-29-31-32-34-37-40-43-46-49-52-58(61)64-55-56(54-63-57(60)51-48-45-42-39-36-21-18-15-12-9-6-3)65-59(62)53-50-47-44-41-38-35-33-30-27-25-23-20-17-14-11-8-5-2/h7,10,15-20,24-27,33,35,41,44,56H,4-6,8-9,11-14,21-23,28-32,34,36-40,42-43,45-55H2,1-3H3/b10-7-,18-15-,19-16-,20-17-,26-24-,27-25-,35-33-,44-41-. The van der Waals surface area contributed by atoms with Crippen LogP contribution in [-0.4, -0.2) is 37.2 Å². The fraction of sp³-hybridized carbons (Fsp3) is 0.678. The van der Waals surface area contributed by atoms with Gasteiger partial charge in [-0.1, -0.05) is 208 Å². The molecule has 0 saturated carbocycles. The minimum Gasteiger partial charge on any atom is -0.462 e. The molecule has 0 aromatic heterocycles. The first kappa shape index (κ1) is 61.3. The first-order valence-electron chi connectivity index (χ1n) is 26.7. The molecule has 0 rings (SSSR count). The summed E-state index contributed by atoms with van der Waals surface area (Å²) >= 11 is 0. The van der Waals surface area contributed by atoms with E-state index in [1.54, 1.807) is 0 Å². The number of ether oxygens (including phenoxy) is 3. The summed E-state index contributed by atoms with van der Waals surface area (Å²) in [5.74, 6) is -0.979. The normalized spacial score (nSPS) is 12.8. The van der Waals surface area contributed by atoms with E-state index in [-0.39, 0.29) is 37.5 Å². The summed E-state index contributed by atoms with van der Waals surface area (Å²) in [7, 11) is 0. The van der Waals surface area contributed by atoms with Crippen LogP contribution in [0.4, 0.5) is 0 Å². The maximum atomic E-state index is 12.8. The van der Waals surface area contributed by atoms with E-state index in [0.29, 0.717) is 19.3 Å². The lowest BCUT2D eigenvalue weighted by atomic mass is 10.1. The van der Waals surface area contributed by atoms with Crippen molar-refractivity contribution in [2.45, 2.75) is 245 Å². The van der Waals surface area contributed by atoms with Gasteiger partial charge in [-0.3, -0.25) is 14.4 Å². The van der Waals surface area contributed by atoms with Gasteiger partial charge in [-0.15, -0.1) is 0 Å². The summed E-state index contributed by atoms with van der Waals surface area (Å²) in [6.07, 6.45) is 69.7. The third-order valence-electron chi connectivity index (χ3n) is 11.0. The van der Waals surface area contributed by atoms with Crippen LogP contribution in [0.15, 0.2) is 97.2 Å². The molecule has 0 saturated heterocycles. The van der Waals surface area contributed by atoms with Gasteiger partial charge in [-0.25, -0.2) is 0 Å². The van der Waals surface area contributed by atoms with E-state index >= 15 is 0 Å². The predicted molar refractivity (Wildman–Crippen MR) is 279 cm³/mol. The van der Waals surface area contributed by atoms with Crippen LogP contribution in [0.2, 0.25) is 0 Å². The van der Waals surface area contributed by atoms with Gasteiger partial charge in [0.2, 0.25) is 0 Å². The Labute approximate surface area is 400 Å². The predicted octanol–water partition coefficient (Wildman–Crippen LogP) is 17.8. The molecule has 0 N–H and O–H groups in total. The van der Waals surface area contributed by atoms with Gasteiger partial charge in [0, 0.05) is 19.3 Å². The molecular formula is C59H98O6. The van der Waals surface area contributed by atoms with Gasteiger partial charge in [0.15, 0.2) is 6.10 Å². The lowest BCUT2D eigenvalue weighted by Crippen LogP contribution is -2.30. The molecule has 0 spiro atoms. The van der Waals surface area contributed by atoms with Crippen molar-refractivity contribution >= 4 is 17.9 Å². The van der Waals surface area contributed by atoms with Crippen LogP contribution in [0.3, 0.4) is 0 Å². The maximum absolute atomic E-state index is 12.8. The SMILES string of the molecule is CC/C=C\C/C=C\C/C=C\CCCCCCCCCCCC(=O)OCC(COC(=O)CCCCCCC/C=C\CCCC)OC(=O)CCC/C=C\C/C=C\C/C=C\C/C=C\CCCCC. The van der Waals surface area contributed by atoms with Crippen LogP contribution in [-0.2, 0) is 28.6 Å². The summed E-state index contributed by atoms with van der Waals surface area (Å²) in [4.78, 5) is 38.0. The number of hydrogen-bond acceptors (Lipinski definition) is 6. The summed E-state index contributed by atoms with van der Waals surface area (Å²) < 4.78 is 16.7. The highest BCUT2D eigenvalue weighted by Crippen LogP contribution is 2.14. The third kappa shape index (κ3) is 51.2. The minimum atomic E-state index is -0.812. The van der Waals surface area contributed by atoms with Crippen molar-refractivity contribution in [1.29, 1.82) is 0 Å². The Bertz CT molecular complexity index is 1310. The van der Waals surface area contributed by atoms with E-state index in [0.717, 1.165) is 96.3 Å². The second kappa shape index (κ2) is 52.9. The quantitative estimate of drug-likeness (QED) is 0.0262. The van der Waals surface area contributed by atoms with Crippen molar-refractivity contribution < 1.29 is 28.6 Å². The van der Waals surface area contributed by atoms with E-state index in [9.17, 15) is 14.4 Å². The van der Waals surface area contributed by atoms with E-state index in [1.807, 2.05) is 0 Å². The van der Waals surface area contributed by atoms with Crippen molar-refractivity contribution in [2.24, 2.45) is 0 Å². The molecule has 65 heavy (non-hydrogen) atoms. The molecule has 0 aliphatic rings. The molecule has 0 aliphatic heterocycles. The molecular weight excluding hydrogens is 805 g/mol. The minimum absolute atomic E-state index is 0.105. The molecule has 0 aliphatic carbocycles. The molecule has 0 amide bonds. The fourth-order valence-electron chi connectivity index (χ4n) is 7.02. The Morgan fingerprint density at radius 2 is 0.631 bits per heavy atom. The van der Waals surface area contributed by atoms with Gasteiger partial charge in [0.25, 0.3) is 0 Å². The molecule has 1 unspecified atom stereocenters. The Hall–Kier alpha value is -3.67. The third-order valence-corrected chi connectivity index (χ3v) is 11.0. The molecule has 0 aromatic carbocycles. The Balaban J connectivity index is 4.45. The van der Waals surface area contributed by atoms with Crippen molar-refractivity contribution in [2.75, 3.05) is 13.2 Å². The van der Waals surface area contributed by atoms with Crippen molar-refractivity contribution in [3.05, 3.63) is 97.2 Å². The first-order valence-corrected chi connectivity index (χ1v) is 26.7. The second-order valence-electron chi connectivity index (χ2n) is 17.4. The van der Waals surface area contributed by atoms with Crippen LogP contribution in [0.1, 0.15) is 239 Å². The molecule has 370 valence electrons. The Kier molecular flexibility index (Phi) is 50.0. The summed E-state index contributed by atoms with van der Waals surface area (Å²) in [6.45, 7) is 6.40. The number of rotatable bonds is 47. The highest BCUT2D eigenvalue weighted by molar-refractivity contribution is 5.71. The van der Waals surface area contributed by atoms with E-state index in [1.165, 1.54) is 96.3 Å². The number of carbonyl (C=O) groups excluding carboxylic acids is 3. The monoisotopic (exact) mass is 903 g/mol. The molecule has 0 bridgehead atoms. The van der Waals surface area contributed by atoms with E-state index in [4.69, 9.17) is 14.2 Å². The number of allylic oxidation sites excluding steroid dienone is 16. The zero-order chi connectivity index (χ0) is 47.2. The number of carbonyl (C=O) groups is 3. The largest absolute Gasteiger partial charge is 0.462 e. The highest BCUT2D eigenvalue weighted by atomic mass is 16.6. The molecule has 6 nitrogen and oxygen atoms in total. The molecule has 0 fully saturated rings. The molecule has 0 heterocycles. The van der Waals surface area contributed by atoms with Gasteiger partial charge in [-0.05, 0) is 109 Å². The van der Waals surface area contributed by atoms with Crippen molar-refractivity contribution in [3.8, 4) is 0 Å². The summed E-state index contributed by atoms with van der Waals surface area (Å²) in [5.41, 5.74) is 0. The summed E-state index contributed by atoms with van der Waals surface area (Å²) in [6, 6.07) is 0. The van der Waals surface area contributed by atoms with Crippen LogP contribution in [0.25, 0.3) is 0 Å². The Morgan fingerprint density at radius 3 is 1.05 bits per heavy atom. The van der Waals surface area contributed by atoms with Crippen LogP contribution in [0.5, 0.6) is 0 Å². The van der Waals surface area contributed by atoms with E-state index in [2.05, 4.69) is 118 Å².